The molecule has 0 spiro atoms. The number of benzene rings is 1. The van der Waals surface area contributed by atoms with Crippen molar-refractivity contribution in [2.24, 2.45) is 5.92 Å². The number of aryl methyl sites for hydroxylation is 1. The van der Waals surface area contributed by atoms with Crippen molar-refractivity contribution >= 4 is 5.91 Å². The molecular formula is C16H23N5O. The van der Waals surface area contributed by atoms with Crippen LogP contribution in [0.25, 0.3) is 0 Å². The van der Waals surface area contributed by atoms with E-state index in [4.69, 9.17) is 0 Å². The lowest BCUT2D eigenvalue weighted by molar-refractivity contribution is -0.133. The number of likely N-dealkylation sites (N-methyl/N-ethyl adjacent to an activating group) is 1. The van der Waals surface area contributed by atoms with Crippen LogP contribution in [0.15, 0.2) is 24.3 Å². The van der Waals surface area contributed by atoms with E-state index in [1.807, 2.05) is 20.9 Å². The molecule has 0 fully saturated rings. The quantitative estimate of drug-likeness (QED) is 0.885. The zero-order valence-electron chi connectivity index (χ0n) is 13.6. The number of nitrogens with one attached hydrogen (secondary N) is 1. The number of carbonyl (C=O) groups excluding carboxylic acids is 1. The molecule has 2 rings (SSSR count). The monoisotopic (exact) mass is 301 g/mol. The number of rotatable bonds is 6. The average molecular weight is 301 g/mol. The van der Waals surface area contributed by atoms with Gasteiger partial charge in [-0.3, -0.25) is 4.79 Å². The minimum atomic E-state index is -0.0508. The van der Waals surface area contributed by atoms with Crippen LogP contribution in [0, 0.1) is 12.8 Å². The number of carbonyl (C=O) groups is 1. The maximum absolute atomic E-state index is 12.5. The van der Waals surface area contributed by atoms with Gasteiger partial charge in [0.25, 0.3) is 0 Å². The molecule has 22 heavy (non-hydrogen) atoms. The molecule has 0 saturated carbocycles. The summed E-state index contributed by atoms with van der Waals surface area (Å²) in [5.74, 6) is 0.770. The molecule has 6 heteroatoms. The van der Waals surface area contributed by atoms with Crippen LogP contribution in [0.5, 0.6) is 0 Å². The summed E-state index contributed by atoms with van der Waals surface area (Å²) in [6.45, 7) is 6.60. The molecule has 1 aromatic carbocycles. The molecule has 1 N–H and O–H groups in total. The highest BCUT2D eigenvalue weighted by atomic mass is 16.2. The molecule has 0 aliphatic carbocycles. The summed E-state index contributed by atoms with van der Waals surface area (Å²) < 4.78 is 0. The van der Waals surface area contributed by atoms with Gasteiger partial charge in [-0.15, -0.1) is 10.2 Å². The Kier molecular flexibility index (Phi) is 5.25. The highest BCUT2D eigenvalue weighted by Crippen LogP contribution is 2.15. The maximum atomic E-state index is 12.5. The van der Waals surface area contributed by atoms with Gasteiger partial charge in [-0.2, -0.15) is 5.21 Å². The molecule has 1 heterocycles. The first-order chi connectivity index (χ1) is 10.5. The van der Waals surface area contributed by atoms with Gasteiger partial charge in [0.15, 0.2) is 5.82 Å². The maximum Gasteiger partial charge on any atom is 0.225 e. The van der Waals surface area contributed by atoms with E-state index in [1.165, 1.54) is 11.1 Å². The zero-order chi connectivity index (χ0) is 16.1. The lowest BCUT2D eigenvalue weighted by atomic mass is 9.98. The van der Waals surface area contributed by atoms with Gasteiger partial charge in [-0.1, -0.05) is 48.9 Å². The molecular weight excluding hydrogens is 278 g/mol. The molecule has 0 radical (unpaired) electrons. The lowest BCUT2D eigenvalue weighted by Crippen LogP contribution is -2.35. The molecule has 6 nitrogen and oxygen atoms in total. The van der Waals surface area contributed by atoms with Gasteiger partial charge in [0, 0.05) is 25.4 Å². The normalized spacial score (nSPS) is 13.6. The van der Waals surface area contributed by atoms with Crippen LogP contribution in [-0.2, 0) is 11.2 Å². The van der Waals surface area contributed by atoms with Gasteiger partial charge in [-0.25, -0.2) is 0 Å². The molecule has 0 aliphatic heterocycles. The fourth-order valence-electron chi connectivity index (χ4n) is 2.50. The Morgan fingerprint density at radius 3 is 2.55 bits per heavy atom. The topological polar surface area (TPSA) is 74.8 Å². The number of hydrogen-bond donors (Lipinski definition) is 1. The van der Waals surface area contributed by atoms with Gasteiger partial charge in [-0.05, 0) is 18.9 Å². The molecule has 0 aliphatic rings. The second kappa shape index (κ2) is 7.15. The van der Waals surface area contributed by atoms with Crippen LogP contribution in [0.4, 0.5) is 0 Å². The molecule has 118 valence electrons. The van der Waals surface area contributed by atoms with Gasteiger partial charge < -0.3 is 4.90 Å². The third-order valence-electron chi connectivity index (χ3n) is 3.81. The van der Waals surface area contributed by atoms with Crippen molar-refractivity contribution in [1.29, 1.82) is 0 Å². The van der Waals surface area contributed by atoms with Crippen LogP contribution < -0.4 is 0 Å². The van der Waals surface area contributed by atoms with E-state index < -0.39 is 0 Å². The predicted octanol–water partition coefficient (Wildman–Crippen LogP) is 1.95. The van der Waals surface area contributed by atoms with Crippen molar-refractivity contribution in [3.05, 3.63) is 41.2 Å². The molecule has 1 amide bonds. The number of aromatic amines is 1. The standard InChI is InChI=1S/C16H23N5O/c1-11-5-7-14(8-6-11)9-12(2)16(22)21(4)10-13(3)15-17-19-20-18-15/h5-8,12-13H,9-10H2,1-4H3,(H,17,18,19,20)/t12-,13+/m0/s1. The molecule has 0 saturated heterocycles. The zero-order valence-corrected chi connectivity index (χ0v) is 13.6. The van der Waals surface area contributed by atoms with Crippen LogP contribution in [0.2, 0.25) is 0 Å². The first-order valence-electron chi connectivity index (χ1n) is 7.51. The van der Waals surface area contributed by atoms with Gasteiger partial charge in [0.1, 0.15) is 0 Å². The highest BCUT2D eigenvalue weighted by molar-refractivity contribution is 5.78. The summed E-state index contributed by atoms with van der Waals surface area (Å²) in [4.78, 5) is 14.2. The number of aromatic nitrogens is 4. The van der Waals surface area contributed by atoms with Crippen LogP contribution in [-0.4, -0.2) is 45.0 Å². The Balaban J connectivity index is 1.90. The SMILES string of the molecule is Cc1ccc(C[C@H](C)C(=O)N(C)C[C@@H](C)c2nn[nH]n2)cc1. The molecule has 2 aromatic rings. The van der Waals surface area contributed by atoms with E-state index in [2.05, 4.69) is 51.8 Å². The molecule has 0 unspecified atom stereocenters. The van der Waals surface area contributed by atoms with Crippen LogP contribution >= 0.6 is 0 Å². The van der Waals surface area contributed by atoms with Crippen molar-refractivity contribution in [3.63, 3.8) is 0 Å². The fraction of sp³-hybridized carbons (Fsp3) is 0.500. The Morgan fingerprint density at radius 2 is 1.95 bits per heavy atom. The summed E-state index contributed by atoms with van der Waals surface area (Å²) in [6.07, 6.45) is 0.750. The highest BCUT2D eigenvalue weighted by Gasteiger charge is 2.21. The van der Waals surface area contributed by atoms with Gasteiger partial charge in [0.05, 0.1) is 0 Å². The number of nitrogens with zero attached hydrogens (tertiary/aromatic N) is 4. The van der Waals surface area contributed by atoms with Crippen LogP contribution in [0.3, 0.4) is 0 Å². The van der Waals surface area contributed by atoms with E-state index in [0.717, 1.165) is 6.42 Å². The van der Waals surface area contributed by atoms with E-state index in [0.29, 0.717) is 12.4 Å². The molecule has 1 aromatic heterocycles. The van der Waals surface area contributed by atoms with Crippen molar-refractivity contribution in [2.45, 2.75) is 33.1 Å². The first kappa shape index (κ1) is 16.1. The Labute approximate surface area is 130 Å². The number of tetrazole rings is 1. The van der Waals surface area contributed by atoms with Crippen molar-refractivity contribution < 1.29 is 4.79 Å². The van der Waals surface area contributed by atoms with Gasteiger partial charge >= 0.3 is 0 Å². The number of hydrogen-bond acceptors (Lipinski definition) is 4. The van der Waals surface area contributed by atoms with Gasteiger partial charge in [0.2, 0.25) is 5.91 Å². The van der Waals surface area contributed by atoms with Crippen LogP contribution in [0.1, 0.15) is 36.7 Å². The molecule has 0 bridgehead atoms. The smallest absolute Gasteiger partial charge is 0.225 e. The van der Waals surface area contributed by atoms with E-state index >= 15 is 0 Å². The second-order valence-corrected chi connectivity index (χ2v) is 5.98. The summed E-state index contributed by atoms with van der Waals surface area (Å²) in [5, 5.41) is 13.9. The third-order valence-corrected chi connectivity index (χ3v) is 3.81. The lowest BCUT2D eigenvalue weighted by Gasteiger charge is -2.23. The van der Waals surface area contributed by atoms with Crippen molar-refractivity contribution in [1.82, 2.24) is 25.5 Å². The van der Waals surface area contributed by atoms with Crippen molar-refractivity contribution in [2.75, 3.05) is 13.6 Å². The van der Waals surface area contributed by atoms with Crippen molar-refractivity contribution in [3.8, 4) is 0 Å². The largest absolute Gasteiger partial charge is 0.345 e. The predicted molar refractivity (Wildman–Crippen MR) is 84.3 cm³/mol. The van der Waals surface area contributed by atoms with E-state index in [1.54, 1.807) is 4.90 Å². The Hall–Kier alpha value is -2.24. The van der Waals surface area contributed by atoms with E-state index in [-0.39, 0.29) is 17.7 Å². The Morgan fingerprint density at radius 1 is 1.27 bits per heavy atom. The summed E-state index contributed by atoms with van der Waals surface area (Å²) >= 11 is 0. The summed E-state index contributed by atoms with van der Waals surface area (Å²) in [6, 6.07) is 8.32. The summed E-state index contributed by atoms with van der Waals surface area (Å²) in [5.41, 5.74) is 2.42. The second-order valence-electron chi connectivity index (χ2n) is 5.98. The third kappa shape index (κ3) is 4.13. The Bertz CT molecular complexity index is 594. The fourth-order valence-corrected chi connectivity index (χ4v) is 2.50. The average Bonchev–Trinajstić information content (AvgIpc) is 3.03. The molecule has 2 atom stereocenters. The minimum absolute atomic E-state index is 0.0508. The minimum Gasteiger partial charge on any atom is -0.345 e. The summed E-state index contributed by atoms with van der Waals surface area (Å²) in [7, 11) is 1.82. The first-order valence-corrected chi connectivity index (χ1v) is 7.51. The van der Waals surface area contributed by atoms with E-state index in [9.17, 15) is 4.79 Å². The number of H-pyrrole nitrogens is 1. The number of amides is 1.